The lowest BCUT2D eigenvalue weighted by Gasteiger charge is -2.23. The van der Waals surface area contributed by atoms with Gasteiger partial charge in [-0.1, -0.05) is 19.1 Å². The molecule has 7 heteroatoms. The summed E-state index contributed by atoms with van der Waals surface area (Å²) in [5, 5.41) is 2.82. The van der Waals surface area contributed by atoms with Crippen LogP contribution < -0.4 is 10.1 Å². The Balaban J connectivity index is 1.73. The highest BCUT2D eigenvalue weighted by Gasteiger charge is 2.36. The molecule has 27 heavy (non-hydrogen) atoms. The average molecular weight is 368 g/mol. The number of anilines is 1. The van der Waals surface area contributed by atoms with Gasteiger partial charge in [-0.25, -0.2) is 9.97 Å². The third-order valence-electron chi connectivity index (χ3n) is 4.95. The largest absolute Gasteiger partial charge is 0.496 e. The maximum absolute atomic E-state index is 12.6. The molecule has 1 saturated heterocycles. The SMILES string of the molecule is CCC(C)N1CC(C(=O)Nc2cc(-c3ccccc3OC)ncn2)CC1=O. The van der Waals surface area contributed by atoms with E-state index in [0.29, 0.717) is 23.8 Å². The Hall–Kier alpha value is -2.96. The minimum atomic E-state index is -0.365. The summed E-state index contributed by atoms with van der Waals surface area (Å²) < 4.78 is 5.37. The maximum atomic E-state index is 12.6. The molecule has 2 amide bonds. The van der Waals surface area contributed by atoms with E-state index < -0.39 is 0 Å². The topological polar surface area (TPSA) is 84.4 Å². The Morgan fingerprint density at radius 3 is 2.89 bits per heavy atom. The zero-order chi connectivity index (χ0) is 19.4. The van der Waals surface area contributed by atoms with Gasteiger partial charge in [-0.05, 0) is 25.5 Å². The van der Waals surface area contributed by atoms with E-state index >= 15 is 0 Å². The number of carbonyl (C=O) groups excluding carboxylic acids is 2. The highest BCUT2D eigenvalue weighted by Crippen LogP contribution is 2.29. The summed E-state index contributed by atoms with van der Waals surface area (Å²) in [4.78, 5) is 35.0. The number of para-hydroxylation sites is 1. The molecule has 2 heterocycles. The minimum Gasteiger partial charge on any atom is -0.496 e. The minimum absolute atomic E-state index is 0.0295. The second-order valence-corrected chi connectivity index (χ2v) is 6.68. The van der Waals surface area contributed by atoms with Crippen molar-refractivity contribution in [2.24, 2.45) is 5.92 Å². The number of benzene rings is 1. The number of ether oxygens (including phenoxy) is 1. The van der Waals surface area contributed by atoms with Gasteiger partial charge in [0.1, 0.15) is 17.9 Å². The second-order valence-electron chi connectivity index (χ2n) is 6.68. The first kappa shape index (κ1) is 18.8. The number of likely N-dealkylation sites (tertiary alicyclic amines) is 1. The molecule has 0 saturated carbocycles. The van der Waals surface area contributed by atoms with Crippen LogP contribution in [0.3, 0.4) is 0 Å². The molecule has 1 N–H and O–H groups in total. The number of aromatic nitrogens is 2. The molecule has 0 aliphatic carbocycles. The molecule has 142 valence electrons. The third-order valence-corrected chi connectivity index (χ3v) is 4.95. The Bertz CT molecular complexity index is 839. The number of amides is 2. The van der Waals surface area contributed by atoms with E-state index in [2.05, 4.69) is 15.3 Å². The Labute approximate surface area is 158 Å². The van der Waals surface area contributed by atoms with Crippen LogP contribution in [0.25, 0.3) is 11.3 Å². The van der Waals surface area contributed by atoms with E-state index in [1.54, 1.807) is 18.1 Å². The summed E-state index contributed by atoms with van der Waals surface area (Å²) in [5.41, 5.74) is 1.47. The predicted octanol–water partition coefficient (Wildman–Crippen LogP) is 2.74. The van der Waals surface area contributed by atoms with Gasteiger partial charge < -0.3 is 15.0 Å². The number of nitrogens with zero attached hydrogens (tertiary/aromatic N) is 3. The molecule has 1 fully saturated rings. The van der Waals surface area contributed by atoms with Crippen molar-refractivity contribution in [3.8, 4) is 17.0 Å². The van der Waals surface area contributed by atoms with Crippen molar-refractivity contribution in [3.05, 3.63) is 36.7 Å². The van der Waals surface area contributed by atoms with Crippen molar-refractivity contribution >= 4 is 17.6 Å². The van der Waals surface area contributed by atoms with Crippen LogP contribution in [0, 0.1) is 5.92 Å². The first-order valence-electron chi connectivity index (χ1n) is 9.09. The van der Waals surface area contributed by atoms with Gasteiger partial charge in [-0.3, -0.25) is 9.59 Å². The maximum Gasteiger partial charge on any atom is 0.230 e. The van der Waals surface area contributed by atoms with Crippen LogP contribution in [-0.4, -0.2) is 46.4 Å². The number of methoxy groups -OCH3 is 1. The fraction of sp³-hybridized carbons (Fsp3) is 0.400. The zero-order valence-electron chi connectivity index (χ0n) is 15.8. The van der Waals surface area contributed by atoms with Gasteiger partial charge in [0.05, 0.1) is 18.7 Å². The van der Waals surface area contributed by atoms with Crippen molar-refractivity contribution in [1.29, 1.82) is 0 Å². The van der Waals surface area contributed by atoms with Crippen molar-refractivity contribution < 1.29 is 14.3 Å². The number of nitrogens with one attached hydrogen (secondary N) is 1. The van der Waals surface area contributed by atoms with Crippen molar-refractivity contribution in [3.63, 3.8) is 0 Å². The van der Waals surface area contributed by atoms with E-state index in [1.165, 1.54) is 6.33 Å². The normalized spacial score (nSPS) is 17.7. The van der Waals surface area contributed by atoms with Crippen molar-refractivity contribution in [1.82, 2.24) is 14.9 Å². The molecule has 0 radical (unpaired) electrons. The van der Waals surface area contributed by atoms with Crippen LogP contribution in [-0.2, 0) is 9.59 Å². The molecule has 7 nitrogen and oxygen atoms in total. The van der Waals surface area contributed by atoms with Crippen LogP contribution >= 0.6 is 0 Å². The van der Waals surface area contributed by atoms with Crippen molar-refractivity contribution in [2.75, 3.05) is 19.0 Å². The summed E-state index contributed by atoms with van der Waals surface area (Å²) in [7, 11) is 1.60. The monoisotopic (exact) mass is 368 g/mol. The summed E-state index contributed by atoms with van der Waals surface area (Å²) in [6.07, 6.45) is 2.51. The first-order valence-corrected chi connectivity index (χ1v) is 9.09. The van der Waals surface area contributed by atoms with E-state index in [1.807, 2.05) is 38.1 Å². The highest BCUT2D eigenvalue weighted by atomic mass is 16.5. The third kappa shape index (κ3) is 4.07. The van der Waals surface area contributed by atoms with Gasteiger partial charge in [-0.15, -0.1) is 0 Å². The number of rotatable bonds is 6. The molecule has 0 spiro atoms. The van der Waals surface area contributed by atoms with Gasteiger partial charge in [0.25, 0.3) is 0 Å². The quantitative estimate of drug-likeness (QED) is 0.847. The lowest BCUT2D eigenvalue weighted by Crippen LogP contribution is -2.35. The fourth-order valence-corrected chi connectivity index (χ4v) is 3.21. The Morgan fingerprint density at radius 2 is 2.15 bits per heavy atom. The summed E-state index contributed by atoms with van der Waals surface area (Å²) in [6.45, 7) is 4.48. The lowest BCUT2D eigenvalue weighted by atomic mass is 10.1. The molecule has 3 rings (SSSR count). The molecular formula is C20H24N4O3. The summed E-state index contributed by atoms with van der Waals surface area (Å²) in [5.74, 6) is 0.571. The second kappa shape index (κ2) is 8.16. The molecule has 1 aromatic heterocycles. The van der Waals surface area contributed by atoms with Gasteiger partial charge >= 0.3 is 0 Å². The smallest absolute Gasteiger partial charge is 0.230 e. The molecule has 1 aromatic carbocycles. The number of carbonyl (C=O) groups is 2. The average Bonchev–Trinajstić information content (AvgIpc) is 3.09. The van der Waals surface area contributed by atoms with Gasteiger partial charge in [0.2, 0.25) is 11.8 Å². The molecule has 1 aliphatic rings. The standard InChI is InChI=1S/C20H24N4O3/c1-4-13(2)24-11-14(9-19(24)25)20(26)23-18-10-16(21-12-22-18)15-7-5-6-8-17(15)27-3/h5-8,10,12-14H,4,9,11H2,1-3H3,(H,21,22,23,26). The van der Waals surface area contributed by atoms with Crippen LogP contribution in [0.5, 0.6) is 5.75 Å². The van der Waals surface area contributed by atoms with Crippen LogP contribution in [0.15, 0.2) is 36.7 Å². The number of hydrogen-bond acceptors (Lipinski definition) is 5. The van der Waals surface area contributed by atoms with Gasteiger partial charge in [0.15, 0.2) is 0 Å². The Morgan fingerprint density at radius 1 is 1.37 bits per heavy atom. The molecule has 2 aromatic rings. The molecular weight excluding hydrogens is 344 g/mol. The van der Waals surface area contributed by atoms with Crippen LogP contribution in [0.1, 0.15) is 26.7 Å². The van der Waals surface area contributed by atoms with Gasteiger partial charge in [0, 0.05) is 30.6 Å². The van der Waals surface area contributed by atoms with E-state index in [-0.39, 0.29) is 30.2 Å². The summed E-state index contributed by atoms with van der Waals surface area (Å²) >= 11 is 0. The fourth-order valence-electron chi connectivity index (χ4n) is 3.21. The van der Waals surface area contributed by atoms with E-state index in [4.69, 9.17) is 4.74 Å². The number of hydrogen-bond donors (Lipinski definition) is 1. The zero-order valence-corrected chi connectivity index (χ0v) is 15.8. The summed E-state index contributed by atoms with van der Waals surface area (Å²) in [6, 6.07) is 9.37. The molecule has 2 unspecified atom stereocenters. The van der Waals surface area contributed by atoms with E-state index in [9.17, 15) is 9.59 Å². The van der Waals surface area contributed by atoms with Crippen LogP contribution in [0.4, 0.5) is 5.82 Å². The molecule has 1 aliphatic heterocycles. The Kier molecular flexibility index (Phi) is 5.69. The molecule has 0 bridgehead atoms. The first-order chi connectivity index (χ1) is 13.0. The van der Waals surface area contributed by atoms with E-state index in [0.717, 1.165) is 12.0 Å². The van der Waals surface area contributed by atoms with Gasteiger partial charge in [-0.2, -0.15) is 0 Å². The van der Waals surface area contributed by atoms with Crippen molar-refractivity contribution in [2.45, 2.75) is 32.7 Å². The molecule has 2 atom stereocenters. The lowest BCUT2D eigenvalue weighted by molar-refractivity contribution is -0.129. The highest BCUT2D eigenvalue weighted by molar-refractivity contribution is 5.97. The van der Waals surface area contributed by atoms with Crippen LogP contribution in [0.2, 0.25) is 0 Å². The predicted molar refractivity (Wildman–Crippen MR) is 102 cm³/mol.